The van der Waals surface area contributed by atoms with E-state index in [0.717, 1.165) is 31.5 Å². The lowest BCUT2D eigenvalue weighted by Crippen LogP contribution is -2.47. The number of aliphatic imine (C=N–C) groups is 1. The summed E-state index contributed by atoms with van der Waals surface area (Å²) in [6.45, 7) is 12.9. The fraction of sp³-hybridized carbons (Fsp3) is 0.708. The molecule has 0 atom stereocenters. The highest BCUT2D eigenvalue weighted by Gasteiger charge is 2.21. The number of benzene rings is 1. The van der Waals surface area contributed by atoms with E-state index >= 15 is 0 Å². The number of hydrogen-bond donors (Lipinski definition) is 1. The number of guanidine groups is 1. The van der Waals surface area contributed by atoms with Crippen LogP contribution in [0.4, 0.5) is 0 Å². The van der Waals surface area contributed by atoms with Gasteiger partial charge in [0, 0.05) is 52.9 Å². The normalized spacial score (nSPS) is 19.5. The third-order valence-electron chi connectivity index (χ3n) is 6.59. The van der Waals surface area contributed by atoms with Crippen molar-refractivity contribution in [1.29, 1.82) is 0 Å². The van der Waals surface area contributed by atoms with Crippen LogP contribution in [0, 0.1) is 5.92 Å². The number of piperazine rings is 1. The monoisotopic (exact) mass is 527 g/mol. The Morgan fingerprint density at radius 2 is 1.63 bits per heavy atom. The maximum Gasteiger partial charge on any atom is 0.193 e. The Kier molecular flexibility index (Phi) is 12.1. The molecule has 0 bridgehead atoms. The molecule has 2 aliphatic rings. The van der Waals surface area contributed by atoms with Crippen molar-refractivity contribution in [2.24, 2.45) is 10.9 Å². The van der Waals surface area contributed by atoms with Gasteiger partial charge in [-0.05, 0) is 56.7 Å². The first kappa shape index (κ1) is 25.4. The Labute approximate surface area is 201 Å². The molecule has 170 valence electrons. The number of rotatable bonds is 8. The van der Waals surface area contributed by atoms with Crippen molar-refractivity contribution in [3.05, 3.63) is 35.9 Å². The summed E-state index contributed by atoms with van der Waals surface area (Å²) >= 11 is 0. The van der Waals surface area contributed by atoms with Crippen LogP contribution in [0.25, 0.3) is 0 Å². The van der Waals surface area contributed by atoms with Crippen LogP contribution in [0.3, 0.4) is 0 Å². The first-order chi connectivity index (χ1) is 14.3. The topological polar surface area (TPSA) is 34.1 Å². The van der Waals surface area contributed by atoms with E-state index in [1.807, 2.05) is 7.05 Å². The highest BCUT2D eigenvalue weighted by Crippen LogP contribution is 2.21. The average Bonchev–Trinajstić information content (AvgIpc) is 2.78. The van der Waals surface area contributed by atoms with E-state index in [1.54, 1.807) is 0 Å². The van der Waals surface area contributed by atoms with Crippen LogP contribution in [0.15, 0.2) is 35.3 Å². The van der Waals surface area contributed by atoms with Crippen LogP contribution in [0.5, 0.6) is 0 Å². The zero-order valence-corrected chi connectivity index (χ0v) is 21.4. The summed E-state index contributed by atoms with van der Waals surface area (Å²) in [6.07, 6.45) is 6.23. The molecule has 1 aromatic rings. The van der Waals surface area contributed by atoms with Gasteiger partial charge in [0.15, 0.2) is 5.96 Å². The molecule has 30 heavy (non-hydrogen) atoms. The van der Waals surface area contributed by atoms with Crippen molar-refractivity contribution in [1.82, 2.24) is 20.0 Å². The van der Waals surface area contributed by atoms with Crippen LogP contribution >= 0.6 is 24.0 Å². The maximum atomic E-state index is 4.54. The largest absolute Gasteiger partial charge is 0.356 e. The molecule has 5 nitrogen and oxygen atoms in total. The SMILES string of the molecule is CCN1CCN(CCCCNC(=NC)N2CCC(Cc3ccccc3)CC2)CC1.I. The van der Waals surface area contributed by atoms with Crippen LogP contribution in [-0.2, 0) is 6.42 Å². The number of nitrogens with zero attached hydrogens (tertiary/aromatic N) is 4. The van der Waals surface area contributed by atoms with Gasteiger partial charge in [0.2, 0.25) is 0 Å². The minimum absolute atomic E-state index is 0. The van der Waals surface area contributed by atoms with Crippen molar-refractivity contribution >= 4 is 29.9 Å². The molecule has 2 heterocycles. The van der Waals surface area contributed by atoms with E-state index in [-0.39, 0.29) is 24.0 Å². The van der Waals surface area contributed by atoms with E-state index in [9.17, 15) is 0 Å². The van der Waals surface area contributed by atoms with Crippen molar-refractivity contribution in [3.63, 3.8) is 0 Å². The van der Waals surface area contributed by atoms with Gasteiger partial charge >= 0.3 is 0 Å². The molecule has 2 aliphatic heterocycles. The molecule has 0 aliphatic carbocycles. The van der Waals surface area contributed by atoms with Gasteiger partial charge < -0.3 is 20.0 Å². The highest BCUT2D eigenvalue weighted by molar-refractivity contribution is 14.0. The van der Waals surface area contributed by atoms with E-state index in [0.29, 0.717) is 0 Å². The van der Waals surface area contributed by atoms with Crippen molar-refractivity contribution in [3.8, 4) is 0 Å². The predicted molar refractivity (Wildman–Crippen MR) is 139 cm³/mol. The molecule has 0 spiro atoms. The number of nitrogens with one attached hydrogen (secondary N) is 1. The number of likely N-dealkylation sites (N-methyl/N-ethyl adjacent to an activating group) is 1. The summed E-state index contributed by atoms with van der Waals surface area (Å²) in [5.41, 5.74) is 1.48. The second-order valence-corrected chi connectivity index (χ2v) is 8.58. The second-order valence-electron chi connectivity index (χ2n) is 8.58. The predicted octanol–water partition coefficient (Wildman–Crippen LogP) is 3.55. The quantitative estimate of drug-likeness (QED) is 0.243. The lowest BCUT2D eigenvalue weighted by atomic mass is 9.90. The summed E-state index contributed by atoms with van der Waals surface area (Å²) in [5.74, 6) is 1.90. The summed E-state index contributed by atoms with van der Waals surface area (Å²) < 4.78 is 0. The molecule has 0 unspecified atom stereocenters. The van der Waals surface area contributed by atoms with Gasteiger partial charge in [0.25, 0.3) is 0 Å². The van der Waals surface area contributed by atoms with E-state index in [2.05, 4.69) is 62.3 Å². The fourth-order valence-corrected chi connectivity index (χ4v) is 4.62. The van der Waals surface area contributed by atoms with Crippen LogP contribution in [0.2, 0.25) is 0 Å². The minimum atomic E-state index is 0. The third-order valence-corrected chi connectivity index (χ3v) is 6.59. The van der Waals surface area contributed by atoms with Gasteiger partial charge in [-0.25, -0.2) is 0 Å². The molecule has 0 aromatic heterocycles. The number of unbranched alkanes of at least 4 members (excludes halogenated alkanes) is 1. The Bertz CT molecular complexity index is 593. The molecular formula is C24H42IN5. The summed E-state index contributed by atoms with van der Waals surface area (Å²) in [6, 6.07) is 10.9. The molecule has 3 rings (SSSR count). The van der Waals surface area contributed by atoms with E-state index < -0.39 is 0 Å². The van der Waals surface area contributed by atoms with Gasteiger partial charge in [0.1, 0.15) is 0 Å². The van der Waals surface area contributed by atoms with Crippen molar-refractivity contribution in [2.45, 2.75) is 39.0 Å². The minimum Gasteiger partial charge on any atom is -0.356 e. The summed E-state index contributed by atoms with van der Waals surface area (Å²) in [7, 11) is 1.92. The third kappa shape index (κ3) is 8.35. The fourth-order valence-electron chi connectivity index (χ4n) is 4.62. The average molecular weight is 528 g/mol. The molecule has 6 heteroatoms. The number of halogens is 1. The smallest absolute Gasteiger partial charge is 0.193 e. The molecule has 0 radical (unpaired) electrons. The Morgan fingerprint density at radius 1 is 0.967 bits per heavy atom. The van der Waals surface area contributed by atoms with Gasteiger partial charge in [0.05, 0.1) is 0 Å². The summed E-state index contributed by atoms with van der Waals surface area (Å²) in [5, 5.41) is 3.61. The van der Waals surface area contributed by atoms with Crippen molar-refractivity contribution < 1.29 is 0 Å². The second kappa shape index (κ2) is 14.2. The van der Waals surface area contributed by atoms with E-state index in [4.69, 9.17) is 0 Å². The first-order valence-electron chi connectivity index (χ1n) is 11.7. The molecular weight excluding hydrogens is 485 g/mol. The van der Waals surface area contributed by atoms with Crippen molar-refractivity contribution in [2.75, 3.05) is 66.0 Å². The molecule has 2 saturated heterocycles. The van der Waals surface area contributed by atoms with Crippen LogP contribution in [0.1, 0.15) is 38.2 Å². The van der Waals surface area contributed by atoms with Gasteiger partial charge in [-0.1, -0.05) is 37.3 Å². The first-order valence-corrected chi connectivity index (χ1v) is 11.7. The highest BCUT2D eigenvalue weighted by atomic mass is 127. The Balaban J connectivity index is 0.00000320. The molecule has 0 amide bonds. The van der Waals surface area contributed by atoms with Crippen LogP contribution < -0.4 is 5.32 Å². The number of piperidine rings is 1. The lowest BCUT2D eigenvalue weighted by molar-refractivity contribution is 0.136. The van der Waals surface area contributed by atoms with E-state index in [1.165, 1.54) is 76.9 Å². The zero-order valence-electron chi connectivity index (χ0n) is 19.1. The van der Waals surface area contributed by atoms with Crippen LogP contribution in [-0.4, -0.2) is 86.6 Å². The van der Waals surface area contributed by atoms with Gasteiger partial charge in [-0.3, -0.25) is 4.99 Å². The molecule has 0 saturated carbocycles. The Hall–Kier alpha value is -0.860. The molecule has 2 fully saturated rings. The lowest BCUT2D eigenvalue weighted by Gasteiger charge is -2.34. The summed E-state index contributed by atoms with van der Waals surface area (Å²) in [4.78, 5) is 12.2. The number of hydrogen-bond acceptors (Lipinski definition) is 3. The van der Waals surface area contributed by atoms with Gasteiger partial charge in [-0.15, -0.1) is 24.0 Å². The number of likely N-dealkylation sites (tertiary alicyclic amines) is 1. The standard InChI is InChI=1S/C24H41N5.HI/c1-3-27-17-19-28(20-18-27)14-8-7-13-26-24(25-2)29-15-11-23(12-16-29)21-22-9-5-4-6-10-22;/h4-6,9-10,23H,3,7-8,11-21H2,1-2H3,(H,25,26);1H. The van der Waals surface area contributed by atoms with Gasteiger partial charge in [-0.2, -0.15) is 0 Å². The zero-order chi connectivity index (χ0) is 20.3. The maximum absolute atomic E-state index is 4.54. The Morgan fingerprint density at radius 3 is 2.27 bits per heavy atom. The molecule has 1 aromatic carbocycles. The molecule has 1 N–H and O–H groups in total.